The van der Waals surface area contributed by atoms with E-state index >= 15 is 0 Å². The molecule has 0 aromatic rings. The van der Waals surface area contributed by atoms with Crippen LogP contribution in [0.15, 0.2) is 12.7 Å². The number of hydrogen-bond acceptors (Lipinski definition) is 6. The Labute approximate surface area is 167 Å². The highest BCUT2D eigenvalue weighted by atomic mass is 16.6. The molecule has 1 aliphatic heterocycles. The lowest BCUT2D eigenvalue weighted by molar-refractivity contribution is -0.320. The first-order valence-corrected chi connectivity index (χ1v) is 10.1. The predicted molar refractivity (Wildman–Crippen MR) is 103 cm³/mol. The summed E-state index contributed by atoms with van der Waals surface area (Å²) in [7, 11) is 0. The molecule has 2 aliphatic carbocycles. The van der Waals surface area contributed by atoms with E-state index in [1.807, 2.05) is 6.92 Å². The lowest BCUT2D eigenvalue weighted by Crippen LogP contribution is -2.77. The molecule has 6 nitrogen and oxygen atoms in total. The van der Waals surface area contributed by atoms with Gasteiger partial charge in [0.25, 0.3) is 0 Å². The Balaban J connectivity index is 2.24. The van der Waals surface area contributed by atoms with E-state index in [1.165, 1.54) is 6.92 Å². The third-order valence-electron chi connectivity index (χ3n) is 7.75. The van der Waals surface area contributed by atoms with Crippen LogP contribution in [0.3, 0.4) is 0 Å². The van der Waals surface area contributed by atoms with E-state index in [2.05, 4.69) is 20.4 Å². The molecule has 2 N–H and O–H groups in total. The normalized spacial score (nSPS) is 50.3. The van der Waals surface area contributed by atoms with Crippen LogP contribution in [0.1, 0.15) is 60.8 Å². The lowest BCUT2D eigenvalue weighted by Gasteiger charge is -2.68. The Bertz CT molecular complexity index is 701. The van der Waals surface area contributed by atoms with E-state index in [-0.39, 0.29) is 23.5 Å². The molecule has 3 rings (SSSR count). The highest BCUT2D eigenvalue weighted by molar-refractivity contribution is 5.86. The number of rotatable bonds is 2. The van der Waals surface area contributed by atoms with E-state index in [1.54, 1.807) is 19.9 Å². The molecule has 0 bridgehead atoms. The van der Waals surface area contributed by atoms with Gasteiger partial charge in [-0.05, 0) is 32.1 Å². The number of ketones is 1. The molecule has 1 heterocycles. The SMILES string of the molecule is C=CC1(C)CC(=O)C2C(C)(O1)C(O)C(OC(C)=O)C1C(C)(C)CCC(O)C12C. The fourth-order valence-corrected chi connectivity index (χ4v) is 6.70. The zero-order chi connectivity index (χ0) is 21.3. The first kappa shape index (κ1) is 21.5. The molecule has 8 unspecified atom stereocenters. The van der Waals surface area contributed by atoms with Gasteiger partial charge in [0.2, 0.25) is 0 Å². The van der Waals surface area contributed by atoms with E-state index in [4.69, 9.17) is 9.47 Å². The number of Topliss-reactive ketones (excluding diaryl/α,β-unsaturated/α-hetero) is 1. The van der Waals surface area contributed by atoms with Crippen LogP contribution in [0.2, 0.25) is 0 Å². The molecule has 28 heavy (non-hydrogen) atoms. The van der Waals surface area contributed by atoms with Gasteiger partial charge in [0.1, 0.15) is 23.6 Å². The van der Waals surface area contributed by atoms with Gasteiger partial charge < -0.3 is 19.7 Å². The summed E-state index contributed by atoms with van der Waals surface area (Å²) in [6.45, 7) is 14.6. The smallest absolute Gasteiger partial charge is 0.303 e. The van der Waals surface area contributed by atoms with Crippen molar-refractivity contribution in [3.8, 4) is 0 Å². The van der Waals surface area contributed by atoms with Crippen LogP contribution in [0.4, 0.5) is 0 Å². The number of aliphatic hydroxyl groups is 2. The minimum absolute atomic E-state index is 0.0549. The first-order valence-electron chi connectivity index (χ1n) is 10.1. The highest BCUT2D eigenvalue weighted by Crippen LogP contribution is 2.65. The van der Waals surface area contributed by atoms with E-state index in [9.17, 15) is 19.8 Å². The summed E-state index contributed by atoms with van der Waals surface area (Å²) < 4.78 is 12.0. The van der Waals surface area contributed by atoms with E-state index in [0.717, 1.165) is 0 Å². The number of aliphatic hydroxyl groups excluding tert-OH is 2. The Morgan fingerprint density at radius 3 is 2.39 bits per heavy atom. The van der Waals surface area contributed by atoms with Crippen LogP contribution >= 0.6 is 0 Å². The van der Waals surface area contributed by atoms with Crippen molar-refractivity contribution in [3.05, 3.63) is 12.7 Å². The summed E-state index contributed by atoms with van der Waals surface area (Å²) in [4.78, 5) is 25.4. The van der Waals surface area contributed by atoms with Gasteiger partial charge >= 0.3 is 5.97 Å². The summed E-state index contributed by atoms with van der Waals surface area (Å²) in [5, 5.41) is 22.6. The molecule has 1 saturated heterocycles. The minimum Gasteiger partial charge on any atom is -0.459 e. The number of fused-ring (bicyclic) bond motifs is 3. The van der Waals surface area contributed by atoms with Crippen LogP contribution in [0.5, 0.6) is 0 Å². The van der Waals surface area contributed by atoms with Crippen molar-refractivity contribution >= 4 is 11.8 Å². The van der Waals surface area contributed by atoms with Crippen molar-refractivity contribution in [1.82, 2.24) is 0 Å². The fourth-order valence-electron chi connectivity index (χ4n) is 6.70. The zero-order valence-electron chi connectivity index (χ0n) is 17.8. The van der Waals surface area contributed by atoms with Crippen LogP contribution in [-0.2, 0) is 19.1 Å². The maximum Gasteiger partial charge on any atom is 0.303 e. The van der Waals surface area contributed by atoms with Gasteiger partial charge in [-0.1, -0.05) is 26.8 Å². The number of carbonyl (C=O) groups excluding carboxylic acids is 2. The molecule has 6 heteroatoms. The highest BCUT2D eigenvalue weighted by Gasteiger charge is 2.73. The fraction of sp³-hybridized carbons (Fsp3) is 0.818. The summed E-state index contributed by atoms with van der Waals surface area (Å²) in [6, 6.07) is 0. The zero-order valence-corrected chi connectivity index (χ0v) is 17.8. The molecule has 8 atom stereocenters. The van der Waals surface area contributed by atoms with Gasteiger partial charge in [-0.15, -0.1) is 6.58 Å². The molecular formula is C22H34O6. The topological polar surface area (TPSA) is 93.1 Å². The van der Waals surface area contributed by atoms with Crippen molar-refractivity contribution in [2.75, 3.05) is 0 Å². The van der Waals surface area contributed by atoms with Gasteiger partial charge in [0, 0.05) is 24.7 Å². The van der Waals surface area contributed by atoms with Gasteiger partial charge in [-0.3, -0.25) is 9.59 Å². The summed E-state index contributed by atoms with van der Waals surface area (Å²) in [6.07, 6.45) is 0.123. The van der Waals surface area contributed by atoms with Gasteiger partial charge in [-0.25, -0.2) is 0 Å². The van der Waals surface area contributed by atoms with Gasteiger partial charge in [-0.2, -0.15) is 0 Å². The maximum absolute atomic E-state index is 13.4. The quantitative estimate of drug-likeness (QED) is 0.552. The van der Waals surface area contributed by atoms with Crippen LogP contribution < -0.4 is 0 Å². The summed E-state index contributed by atoms with van der Waals surface area (Å²) in [5.41, 5.74) is -3.47. The average Bonchev–Trinajstić information content (AvgIpc) is 2.55. The Morgan fingerprint density at radius 1 is 1.25 bits per heavy atom. The lowest BCUT2D eigenvalue weighted by atomic mass is 9.41. The maximum atomic E-state index is 13.4. The standard InChI is InChI=1S/C22H34O6/c1-8-20(5)11-13(24)16-21(6)14(25)9-10-19(3,4)17(21)15(27-12(2)23)18(26)22(16,7)28-20/h8,14-18,25-26H,1,9-11H2,2-7H3. The van der Waals surface area contributed by atoms with Crippen molar-refractivity contribution in [1.29, 1.82) is 0 Å². The molecule has 158 valence electrons. The third-order valence-corrected chi connectivity index (χ3v) is 7.75. The number of hydrogen-bond donors (Lipinski definition) is 2. The molecule has 0 radical (unpaired) electrons. The third kappa shape index (κ3) is 2.79. The van der Waals surface area contributed by atoms with Crippen LogP contribution in [-0.4, -0.2) is 51.5 Å². The Morgan fingerprint density at radius 2 is 1.86 bits per heavy atom. The molecule has 3 fully saturated rings. The molecule has 3 aliphatic rings. The summed E-state index contributed by atoms with van der Waals surface area (Å²) in [5.74, 6) is -1.66. The van der Waals surface area contributed by atoms with E-state index < -0.39 is 46.8 Å². The first-order chi connectivity index (χ1) is 12.7. The van der Waals surface area contributed by atoms with Crippen molar-refractivity contribution in [2.24, 2.45) is 22.7 Å². The number of ether oxygens (including phenoxy) is 2. The average molecular weight is 395 g/mol. The monoisotopic (exact) mass is 394 g/mol. The number of carbonyl (C=O) groups is 2. The largest absolute Gasteiger partial charge is 0.459 e. The molecular weight excluding hydrogens is 360 g/mol. The van der Waals surface area contributed by atoms with Gasteiger partial charge in [0.15, 0.2) is 0 Å². The molecule has 0 spiro atoms. The summed E-state index contributed by atoms with van der Waals surface area (Å²) >= 11 is 0. The molecule has 0 aromatic carbocycles. The second-order valence-electron chi connectivity index (χ2n) is 10.3. The predicted octanol–water partition coefficient (Wildman–Crippen LogP) is 2.41. The second-order valence-corrected chi connectivity index (χ2v) is 10.3. The molecule has 0 amide bonds. The van der Waals surface area contributed by atoms with Crippen molar-refractivity contribution < 1.29 is 29.3 Å². The van der Waals surface area contributed by atoms with Gasteiger partial charge in [0.05, 0.1) is 17.6 Å². The Kier molecular flexibility index (Phi) is 4.89. The van der Waals surface area contributed by atoms with Crippen LogP contribution in [0, 0.1) is 22.7 Å². The minimum atomic E-state index is -1.31. The second kappa shape index (κ2) is 6.38. The van der Waals surface area contributed by atoms with E-state index in [0.29, 0.717) is 12.8 Å². The molecule has 0 aromatic heterocycles. The van der Waals surface area contributed by atoms with Crippen molar-refractivity contribution in [3.63, 3.8) is 0 Å². The molecule has 2 saturated carbocycles. The van der Waals surface area contributed by atoms with Crippen LogP contribution in [0.25, 0.3) is 0 Å². The van der Waals surface area contributed by atoms with Crippen molar-refractivity contribution in [2.45, 2.75) is 90.3 Å². The Hall–Kier alpha value is -1.24. The number of esters is 1.